The molecule has 32 heavy (non-hydrogen) atoms. The quantitative estimate of drug-likeness (QED) is 0.435. The van der Waals surface area contributed by atoms with Crippen molar-refractivity contribution in [3.05, 3.63) is 53.3 Å². The first-order chi connectivity index (χ1) is 15.3. The fraction of sp³-hybridized carbons (Fsp3) is 0.348. The van der Waals surface area contributed by atoms with Gasteiger partial charge in [0.05, 0.1) is 23.1 Å². The van der Waals surface area contributed by atoms with Gasteiger partial charge in [-0.1, -0.05) is 22.9 Å². The molecule has 1 N–H and O–H groups in total. The number of fused-ring (bicyclic) bond motifs is 5. The molecule has 2 aliphatic carbocycles. The van der Waals surface area contributed by atoms with Crippen molar-refractivity contribution in [2.24, 2.45) is 23.7 Å². The summed E-state index contributed by atoms with van der Waals surface area (Å²) in [5.41, 5.74) is 1.65. The molecule has 1 aliphatic heterocycles. The van der Waals surface area contributed by atoms with Gasteiger partial charge >= 0.3 is 5.97 Å². The zero-order valence-corrected chi connectivity index (χ0v) is 17.5. The molecule has 2 aromatic rings. The van der Waals surface area contributed by atoms with Crippen molar-refractivity contribution in [3.63, 3.8) is 0 Å². The number of hydrogen-bond acceptors (Lipinski definition) is 7. The minimum Gasteiger partial charge on any atom is -0.452 e. The van der Waals surface area contributed by atoms with E-state index in [0.717, 1.165) is 6.42 Å². The lowest BCUT2D eigenvalue weighted by Crippen LogP contribution is -2.33. The number of anilines is 2. The molecule has 2 bridgehead atoms. The second-order valence-electron chi connectivity index (χ2n) is 8.48. The molecule has 1 saturated heterocycles. The van der Waals surface area contributed by atoms with Crippen LogP contribution in [0.4, 0.5) is 11.5 Å². The third-order valence-corrected chi connectivity index (χ3v) is 6.45. The summed E-state index contributed by atoms with van der Waals surface area (Å²) >= 11 is 0. The number of rotatable bonds is 5. The Bertz CT molecular complexity index is 1180. The van der Waals surface area contributed by atoms with Crippen LogP contribution in [0.3, 0.4) is 0 Å². The standard InChI is InChI=1S/C23H21N3O6/c1-11-6-14-9-16(11)20-19(14)21(28)26(22(20)29)15-5-3-4-13(8-15)23(30)31-10-18(27)24-17-7-12(2)32-25-17/h3-8,14,16,19-20H,9-10H2,1-2H3,(H,24,25,27)/t14-,16+,19+,20+/m0/s1. The molecule has 0 radical (unpaired) electrons. The van der Waals surface area contributed by atoms with Gasteiger partial charge in [0.2, 0.25) is 11.8 Å². The van der Waals surface area contributed by atoms with E-state index in [0.29, 0.717) is 11.4 Å². The maximum Gasteiger partial charge on any atom is 0.338 e. The Labute approximate surface area is 183 Å². The smallest absolute Gasteiger partial charge is 0.338 e. The first-order valence-electron chi connectivity index (χ1n) is 10.4. The number of aryl methyl sites for hydroxylation is 1. The number of esters is 1. The minimum atomic E-state index is -0.741. The van der Waals surface area contributed by atoms with E-state index in [1.807, 2.05) is 6.92 Å². The summed E-state index contributed by atoms with van der Waals surface area (Å²) in [6, 6.07) is 7.68. The predicted octanol–water partition coefficient (Wildman–Crippen LogP) is 2.48. The number of nitrogens with zero attached hydrogens (tertiary/aromatic N) is 2. The van der Waals surface area contributed by atoms with Crippen LogP contribution < -0.4 is 10.2 Å². The van der Waals surface area contributed by atoms with Crippen molar-refractivity contribution >= 4 is 35.2 Å². The Morgan fingerprint density at radius 3 is 2.72 bits per heavy atom. The van der Waals surface area contributed by atoms with Gasteiger partial charge in [-0.3, -0.25) is 14.4 Å². The predicted molar refractivity (Wildman–Crippen MR) is 111 cm³/mol. The van der Waals surface area contributed by atoms with Gasteiger partial charge in [0.15, 0.2) is 12.4 Å². The van der Waals surface area contributed by atoms with Gasteiger partial charge in [-0.25, -0.2) is 9.69 Å². The molecule has 2 fully saturated rings. The number of benzene rings is 1. The monoisotopic (exact) mass is 435 g/mol. The van der Waals surface area contributed by atoms with Crippen molar-refractivity contribution in [1.29, 1.82) is 0 Å². The van der Waals surface area contributed by atoms with E-state index in [1.165, 1.54) is 28.7 Å². The van der Waals surface area contributed by atoms with Crippen molar-refractivity contribution in [2.75, 3.05) is 16.8 Å². The van der Waals surface area contributed by atoms with Crippen LogP contribution in [0.25, 0.3) is 0 Å². The highest BCUT2D eigenvalue weighted by molar-refractivity contribution is 6.23. The van der Waals surface area contributed by atoms with Crippen molar-refractivity contribution in [1.82, 2.24) is 5.16 Å². The topological polar surface area (TPSA) is 119 Å². The second kappa shape index (κ2) is 7.44. The lowest BCUT2D eigenvalue weighted by atomic mass is 9.82. The van der Waals surface area contributed by atoms with Crippen molar-refractivity contribution < 1.29 is 28.4 Å². The highest BCUT2D eigenvalue weighted by Gasteiger charge is 2.60. The van der Waals surface area contributed by atoms with Crippen LogP contribution in [0.1, 0.15) is 29.5 Å². The highest BCUT2D eigenvalue weighted by atomic mass is 16.5. The average Bonchev–Trinajstić information content (AvgIpc) is 3.50. The molecule has 3 amide bonds. The van der Waals surface area contributed by atoms with Crippen LogP contribution in [-0.2, 0) is 19.1 Å². The summed E-state index contributed by atoms with van der Waals surface area (Å²) < 4.78 is 9.92. The molecule has 9 nitrogen and oxygen atoms in total. The van der Waals surface area contributed by atoms with E-state index in [2.05, 4.69) is 16.5 Å². The third-order valence-electron chi connectivity index (χ3n) is 6.45. The lowest BCUT2D eigenvalue weighted by Gasteiger charge is -2.19. The summed E-state index contributed by atoms with van der Waals surface area (Å²) in [4.78, 5) is 51.8. The SMILES string of the molecule is CC1=C[C@H]2C[C@H]1[C@H]1C(=O)N(c3cccc(C(=O)OCC(=O)Nc4cc(C)on4)c3)C(=O)[C@@H]12. The molecule has 0 spiro atoms. The Morgan fingerprint density at radius 2 is 1.97 bits per heavy atom. The number of hydrogen-bond donors (Lipinski definition) is 1. The lowest BCUT2D eigenvalue weighted by molar-refractivity contribution is -0.123. The molecular formula is C23H21N3O6. The number of nitrogens with one attached hydrogen (secondary N) is 1. The normalized spacial score (nSPS) is 25.7. The van der Waals surface area contributed by atoms with Gasteiger partial charge in [-0.15, -0.1) is 0 Å². The zero-order chi connectivity index (χ0) is 22.6. The Kier molecular flexibility index (Phi) is 4.69. The van der Waals surface area contributed by atoms with E-state index in [1.54, 1.807) is 19.1 Å². The molecule has 164 valence electrons. The van der Waals surface area contributed by atoms with Crippen molar-refractivity contribution in [3.8, 4) is 0 Å². The van der Waals surface area contributed by atoms with E-state index >= 15 is 0 Å². The largest absolute Gasteiger partial charge is 0.452 e. The zero-order valence-electron chi connectivity index (χ0n) is 17.5. The van der Waals surface area contributed by atoms with Gasteiger partial charge in [-0.05, 0) is 50.3 Å². The number of imide groups is 1. The average molecular weight is 435 g/mol. The number of allylic oxidation sites excluding steroid dienone is 2. The summed E-state index contributed by atoms with van der Waals surface area (Å²) in [7, 11) is 0. The molecule has 1 saturated carbocycles. The van der Waals surface area contributed by atoms with Gasteiger partial charge in [-0.2, -0.15) is 0 Å². The molecule has 2 heterocycles. The summed E-state index contributed by atoms with van der Waals surface area (Å²) in [5, 5.41) is 6.09. The van der Waals surface area contributed by atoms with Crippen LogP contribution in [0.5, 0.6) is 0 Å². The maximum absolute atomic E-state index is 13.1. The molecule has 4 atom stereocenters. The molecule has 3 aliphatic rings. The number of amides is 3. The maximum atomic E-state index is 13.1. The van der Waals surface area contributed by atoms with Gasteiger partial charge in [0, 0.05) is 6.07 Å². The van der Waals surface area contributed by atoms with E-state index in [4.69, 9.17) is 9.26 Å². The summed E-state index contributed by atoms with van der Waals surface area (Å²) in [5.74, 6) is -1.42. The first-order valence-corrected chi connectivity index (χ1v) is 10.4. The summed E-state index contributed by atoms with van der Waals surface area (Å²) in [6.45, 7) is 3.17. The molecule has 5 rings (SSSR count). The Morgan fingerprint density at radius 1 is 1.19 bits per heavy atom. The van der Waals surface area contributed by atoms with Crippen LogP contribution in [0.2, 0.25) is 0 Å². The molecule has 0 unspecified atom stereocenters. The van der Waals surface area contributed by atoms with Crippen LogP contribution >= 0.6 is 0 Å². The molecular weight excluding hydrogens is 414 g/mol. The fourth-order valence-electron chi connectivity index (χ4n) is 5.12. The third kappa shape index (κ3) is 3.21. The molecule has 1 aromatic heterocycles. The number of aromatic nitrogens is 1. The number of carbonyl (C=O) groups excluding carboxylic acids is 4. The number of carbonyl (C=O) groups is 4. The second-order valence-corrected chi connectivity index (χ2v) is 8.48. The van der Waals surface area contributed by atoms with Gasteiger partial charge in [0.25, 0.3) is 5.91 Å². The molecule has 9 heteroatoms. The molecule has 1 aromatic carbocycles. The summed E-state index contributed by atoms with van der Waals surface area (Å²) in [6.07, 6.45) is 2.97. The van der Waals surface area contributed by atoms with E-state index in [9.17, 15) is 19.2 Å². The Hall–Kier alpha value is -3.75. The van der Waals surface area contributed by atoms with Crippen LogP contribution in [0.15, 0.2) is 46.5 Å². The van der Waals surface area contributed by atoms with E-state index in [-0.39, 0.29) is 46.9 Å². The van der Waals surface area contributed by atoms with Crippen LogP contribution in [0, 0.1) is 30.6 Å². The number of ether oxygens (including phenoxy) is 1. The van der Waals surface area contributed by atoms with Crippen LogP contribution in [-0.4, -0.2) is 35.5 Å². The Balaban J connectivity index is 1.27. The first kappa shape index (κ1) is 20.2. The van der Waals surface area contributed by atoms with E-state index < -0.39 is 18.5 Å². The van der Waals surface area contributed by atoms with Crippen molar-refractivity contribution in [2.45, 2.75) is 20.3 Å². The van der Waals surface area contributed by atoms with Gasteiger partial charge in [0.1, 0.15) is 5.76 Å². The highest BCUT2D eigenvalue weighted by Crippen LogP contribution is 2.55. The van der Waals surface area contributed by atoms with Gasteiger partial charge < -0.3 is 14.6 Å². The fourth-order valence-corrected chi connectivity index (χ4v) is 5.12. The minimum absolute atomic E-state index is 0.103.